The Hall–Kier alpha value is -0.810. The van der Waals surface area contributed by atoms with Gasteiger partial charge in [0.15, 0.2) is 0 Å². The molecule has 1 unspecified atom stereocenters. The number of nitrogens with zero attached hydrogens (tertiary/aromatic N) is 3. The molecule has 0 aromatic carbocycles. The lowest BCUT2D eigenvalue weighted by molar-refractivity contribution is 0.694. The molecule has 0 bridgehead atoms. The second-order valence-corrected chi connectivity index (χ2v) is 5.51. The molecule has 0 aliphatic rings. The molecule has 4 nitrogen and oxygen atoms in total. The van der Waals surface area contributed by atoms with Gasteiger partial charge in [-0.2, -0.15) is 5.10 Å². The van der Waals surface area contributed by atoms with E-state index in [1.54, 1.807) is 17.8 Å². The van der Waals surface area contributed by atoms with Gasteiger partial charge in [0.2, 0.25) is 0 Å². The standard InChI is InChI=1S/C12H13Cl3N4/c1-6-8(12(15)19(2)18-6)4-10(16)11-9(14)3-7(13)5-17-11/h3,5,10H,4,16H2,1-2H3. The predicted octanol–water partition coefficient (Wildman–Crippen LogP) is 3.33. The lowest BCUT2D eigenvalue weighted by Crippen LogP contribution is -2.16. The number of aryl methyl sites for hydroxylation is 2. The van der Waals surface area contributed by atoms with E-state index in [2.05, 4.69) is 10.1 Å². The van der Waals surface area contributed by atoms with Crippen LogP contribution in [0.1, 0.15) is 23.0 Å². The molecule has 0 amide bonds. The number of nitrogens with two attached hydrogens (primary N) is 1. The molecular formula is C12H13Cl3N4. The van der Waals surface area contributed by atoms with E-state index in [9.17, 15) is 0 Å². The van der Waals surface area contributed by atoms with Gasteiger partial charge in [0.1, 0.15) is 5.15 Å². The number of rotatable bonds is 3. The number of pyridine rings is 1. The van der Waals surface area contributed by atoms with E-state index >= 15 is 0 Å². The third-order valence-electron chi connectivity index (χ3n) is 2.88. The molecule has 0 aliphatic heterocycles. The monoisotopic (exact) mass is 318 g/mol. The first-order valence-electron chi connectivity index (χ1n) is 5.64. The summed E-state index contributed by atoms with van der Waals surface area (Å²) in [6.07, 6.45) is 2.05. The molecule has 0 spiro atoms. The van der Waals surface area contributed by atoms with Gasteiger partial charge in [0, 0.05) is 18.8 Å². The van der Waals surface area contributed by atoms with Gasteiger partial charge in [-0.3, -0.25) is 9.67 Å². The average Bonchev–Trinajstić information content (AvgIpc) is 2.56. The first-order valence-corrected chi connectivity index (χ1v) is 6.78. The summed E-state index contributed by atoms with van der Waals surface area (Å²) in [6.45, 7) is 1.89. The Morgan fingerprint density at radius 1 is 1.37 bits per heavy atom. The molecule has 2 aromatic heterocycles. The highest BCUT2D eigenvalue weighted by Crippen LogP contribution is 2.28. The topological polar surface area (TPSA) is 56.7 Å². The molecule has 2 aromatic rings. The molecule has 1 atom stereocenters. The summed E-state index contributed by atoms with van der Waals surface area (Å²) in [5.74, 6) is 0. The minimum absolute atomic E-state index is 0.356. The van der Waals surface area contributed by atoms with Crippen molar-refractivity contribution in [3.05, 3.63) is 44.4 Å². The molecule has 0 aliphatic carbocycles. The van der Waals surface area contributed by atoms with Gasteiger partial charge in [-0.25, -0.2) is 0 Å². The van der Waals surface area contributed by atoms with Crippen LogP contribution in [0.25, 0.3) is 0 Å². The molecule has 7 heteroatoms. The largest absolute Gasteiger partial charge is 0.322 e. The maximum Gasteiger partial charge on any atom is 0.130 e. The molecule has 2 heterocycles. The lowest BCUT2D eigenvalue weighted by atomic mass is 10.0. The van der Waals surface area contributed by atoms with Gasteiger partial charge in [0.05, 0.1) is 27.5 Å². The van der Waals surface area contributed by atoms with Crippen molar-refractivity contribution in [2.24, 2.45) is 12.8 Å². The zero-order valence-corrected chi connectivity index (χ0v) is 12.8. The molecule has 2 N–H and O–H groups in total. The molecular weight excluding hydrogens is 307 g/mol. The summed E-state index contributed by atoms with van der Waals surface area (Å²) in [5.41, 5.74) is 8.50. The Bertz CT molecular complexity index is 609. The fraction of sp³-hybridized carbons (Fsp3) is 0.333. The van der Waals surface area contributed by atoms with Gasteiger partial charge in [-0.1, -0.05) is 34.8 Å². The minimum atomic E-state index is -0.356. The highest BCUT2D eigenvalue weighted by atomic mass is 35.5. The van der Waals surface area contributed by atoms with E-state index in [1.807, 2.05) is 6.92 Å². The summed E-state index contributed by atoms with van der Waals surface area (Å²) in [5, 5.41) is 5.77. The van der Waals surface area contributed by atoms with E-state index in [-0.39, 0.29) is 6.04 Å². The maximum atomic E-state index is 6.18. The normalized spacial score (nSPS) is 12.7. The van der Waals surface area contributed by atoms with Crippen LogP contribution in [0.5, 0.6) is 0 Å². The van der Waals surface area contributed by atoms with E-state index in [1.165, 1.54) is 6.20 Å². The van der Waals surface area contributed by atoms with Crippen molar-refractivity contribution < 1.29 is 0 Å². The Morgan fingerprint density at radius 3 is 2.58 bits per heavy atom. The average molecular weight is 320 g/mol. The fourth-order valence-electron chi connectivity index (χ4n) is 1.92. The quantitative estimate of drug-likeness (QED) is 0.944. The molecule has 0 radical (unpaired) electrons. The van der Waals surface area contributed by atoms with Crippen molar-refractivity contribution in [1.82, 2.24) is 14.8 Å². The van der Waals surface area contributed by atoms with E-state index < -0.39 is 0 Å². The molecule has 0 saturated carbocycles. The summed E-state index contributed by atoms with van der Waals surface area (Å²) in [4.78, 5) is 4.18. The molecule has 2 rings (SSSR count). The van der Waals surface area contributed by atoms with Crippen LogP contribution >= 0.6 is 34.8 Å². The smallest absolute Gasteiger partial charge is 0.130 e. The lowest BCUT2D eigenvalue weighted by Gasteiger charge is -2.12. The third kappa shape index (κ3) is 3.03. The van der Waals surface area contributed by atoms with Crippen LogP contribution in [0.3, 0.4) is 0 Å². The number of aromatic nitrogens is 3. The zero-order chi connectivity index (χ0) is 14.2. The number of halogens is 3. The highest BCUT2D eigenvalue weighted by molar-refractivity contribution is 6.34. The maximum absolute atomic E-state index is 6.18. The van der Waals surface area contributed by atoms with Gasteiger partial charge < -0.3 is 5.73 Å². The van der Waals surface area contributed by atoms with E-state index in [0.717, 1.165) is 11.3 Å². The van der Waals surface area contributed by atoms with E-state index in [0.29, 0.717) is 27.3 Å². The Balaban J connectivity index is 2.28. The SMILES string of the molecule is Cc1nn(C)c(Cl)c1CC(N)c1ncc(Cl)cc1Cl. The van der Waals surface area contributed by atoms with Crippen molar-refractivity contribution >= 4 is 34.8 Å². The minimum Gasteiger partial charge on any atom is -0.322 e. The highest BCUT2D eigenvalue weighted by Gasteiger charge is 2.18. The van der Waals surface area contributed by atoms with Crippen LogP contribution in [0.4, 0.5) is 0 Å². The number of hydrogen-bond acceptors (Lipinski definition) is 3. The molecule has 102 valence electrons. The van der Waals surface area contributed by atoms with Crippen LogP contribution < -0.4 is 5.73 Å². The van der Waals surface area contributed by atoms with Crippen LogP contribution in [0.15, 0.2) is 12.3 Å². The Labute approximate surface area is 126 Å². The predicted molar refractivity (Wildman–Crippen MR) is 77.8 cm³/mol. The summed E-state index contributed by atoms with van der Waals surface area (Å²) in [7, 11) is 1.79. The van der Waals surface area contributed by atoms with Crippen LogP contribution in [0.2, 0.25) is 15.2 Å². The van der Waals surface area contributed by atoms with E-state index in [4.69, 9.17) is 40.5 Å². The van der Waals surface area contributed by atoms with Crippen molar-refractivity contribution in [3.63, 3.8) is 0 Å². The molecule has 0 saturated heterocycles. The molecule has 0 fully saturated rings. The van der Waals surface area contributed by atoms with Crippen LogP contribution in [-0.4, -0.2) is 14.8 Å². The third-order valence-corrected chi connectivity index (χ3v) is 3.86. The van der Waals surface area contributed by atoms with Gasteiger partial charge in [0.25, 0.3) is 0 Å². The Kier molecular flexibility index (Phi) is 4.36. The van der Waals surface area contributed by atoms with Crippen molar-refractivity contribution in [1.29, 1.82) is 0 Å². The van der Waals surface area contributed by atoms with Gasteiger partial charge in [-0.05, 0) is 19.4 Å². The van der Waals surface area contributed by atoms with Crippen molar-refractivity contribution in [2.75, 3.05) is 0 Å². The van der Waals surface area contributed by atoms with Crippen LogP contribution in [-0.2, 0) is 13.5 Å². The number of hydrogen-bond donors (Lipinski definition) is 1. The fourth-order valence-corrected chi connectivity index (χ4v) is 2.69. The summed E-state index contributed by atoms with van der Waals surface area (Å²) in [6, 6.07) is 1.27. The summed E-state index contributed by atoms with van der Waals surface area (Å²) >= 11 is 18.1. The summed E-state index contributed by atoms with van der Waals surface area (Å²) < 4.78 is 1.62. The zero-order valence-electron chi connectivity index (χ0n) is 10.5. The van der Waals surface area contributed by atoms with Gasteiger partial charge >= 0.3 is 0 Å². The van der Waals surface area contributed by atoms with Crippen molar-refractivity contribution in [2.45, 2.75) is 19.4 Å². The second kappa shape index (κ2) is 5.67. The molecule has 19 heavy (non-hydrogen) atoms. The first-order chi connectivity index (χ1) is 8.90. The first kappa shape index (κ1) is 14.6. The van der Waals surface area contributed by atoms with Crippen LogP contribution in [0, 0.1) is 6.92 Å². The second-order valence-electron chi connectivity index (χ2n) is 4.31. The van der Waals surface area contributed by atoms with Crippen molar-refractivity contribution in [3.8, 4) is 0 Å². The van der Waals surface area contributed by atoms with Gasteiger partial charge in [-0.15, -0.1) is 0 Å². The Morgan fingerprint density at radius 2 is 2.05 bits per heavy atom.